The molecule has 1 aliphatic carbocycles. The molecule has 2 aromatic carbocycles. The van der Waals surface area contributed by atoms with Gasteiger partial charge in [-0.2, -0.15) is 18.3 Å². The summed E-state index contributed by atoms with van der Waals surface area (Å²) in [6, 6.07) is 7.25. The second-order valence-electron chi connectivity index (χ2n) is 11.3. The summed E-state index contributed by atoms with van der Waals surface area (Å²) in [6.45, 7) is -0.413. The first-order valence-corrected chi connectivity index (χ1v) is 14.1. The van der Waals surface area contributed by atoms with Crippen LogP contribution in [0.2, 0.25) is 5.02 Å². The van der Waals surface area contributed by atoms with Gasteiger partial charge >= 0.3 is 6.18 Å². The first-order valence-electron chi connectivity index (χ1n) is 13.7. The maximum absolute atomic E-state index is 15.1. The molecule has 0 spiro atoms. The molecule has 10 nitrogen and oxygen atoms in total. The zero-order chi connectivity index (χ0) is 32.5. The number of nitrogens with two attached hydrogens (primary N) is 1. The summed E-state index contributed by atoms with van der Waals surface area (Å²) in [5.41, 5.74) is -1.29. The van der Waals surface area contributed by atoms with Crippen molar-refractivity contribution < 1.29 is 41.7 Å². The maximum atomic E-state index is 15.1. The van der Waals surface area contributed by atoms with Gasteiger partial charge in [-0.25, -0.2) is 9.37 Å². The van der Waals surface area contributed by atoms with Gasteiger partial charge in [-0.05, 0) is 56.2 Å². The fraction of sp³-hybridized carbons (Fsp3) is 0.333. The Bertz CT molecular complexity index is 1880. The van der Waals surface area contributed by atoms with Gasteiger partial charge in [0.05, 0.1) is 25.4 Å². The summed E-state index contributed by atoms with van der Waals surface area (Å²) < 4.78 is 72.0. The van der Waals surface area contributed by atoms with E-state index in [0.717, 1.165) is 25.0 Å². The van der Waals surface area contributed by atoms with Crippen LogP contribution in [0.5, 0.6) is 11.5 Å². The molecule has 2 amide bonds. The smallest absolute Gasteiger partial charge is 0.424 e. The van der Waals surface area contributed by atoms with Crippen molar-refractivity contribution in [1.29, 1.82) is 0 Å². The Morgan fingerprint density at radius 2 is 1.98 bits per heavy atom. The molecule has 1 fully saturated rings. The number of fused-ring (bicyclic) bond motifs is 2. The van der Waals surface area contributed by atoms with Gasteiger partial charge in [-0.1, -0.05) is 11.6 Å². The number of hydrogen-bond donors (Lipinski definition) is 3. The monoisotopic (exact) mass is 647 g/mol. The van der Waals surface area contributed by atoms with Crippen molar-refractivity contribution in [3.63, 3.8) is 0 Å². The molecule has 2 aromatic heterocycles. The van der Waals surface area contributed by atoms with E-state index in [2.05, 4.69) is 15.4 Å². The van der Waals surface area contributed by atoms with Crippen molar-refractivity contribution in [1.82, 2.24) is 20.1 Å². The maximum Gasteiger partial charge on any atom is 0.424 e. The van der Waals surface area contributed by atoms with Crippen LogP contribution in [0.4, 0.5) is 17.6 Å². The van der Waals surface area contributed by atoms with Gasteiger partial charge in [0.15, 0.2) is 0 Å². The number of nitrogens with zero attached hydrogens (tertiary/aromatic N) is 3. The van der Waals surface area contributed by atoms with Crippen LogP contribution >= 0.6 is 11.6 Å². The lowest BCUT2D eigenvalue weighted by Crippen LogP contribution is -2.51. The van der Waals surface area contributed by atoms with E-state index in [1.54, 1.807) is 10.9 Å². The topological polar surface area (TPSA) is 142 Å². The zero-order valence-corrected chi connectivity index (χ0v) is 24.6. The Labute approximate surface area is 258 Å². The number of primary amides is 1. The van der Waals surface area contributed by atoms with Crippen LogP contribution < -0.4 is 20.5 Å². The van der Waals surface area contributed by atoms with Crippen molar-refractivity contribution in [3.05, 3.63) is 70.3 Å². The zero-order valence-electron chi connectivity index (χ0n) is 23.8. The Hall–Kier alpha value is -4.43. The highest BCUT2D eigenvalue weighted by Crippen LogP contribution is 2.48. The molecular weight excluding hydrogens is 622 g/mol. The first-order chi connectivity index (χ1) is 21.2. The SMILES string of the molecule is COc1cc(C(=O)NC[C@](O)(c2cc3c(c(-c4ccc(Cl)cc4F)n2)OC[C@]3(C)C(N)=O)C(F)(F)F)cc2cn(C3CC3)nc12. The minimum absolute atomic E-state index is 0.0103. The van der Waals surface area contributed by atoms with E-state index in [-0.39, 0.29) is 45.9 Å². The molecule has 6 rings (SSSR count). The van der Waals surface area contributed by atoms with E-state index in [4.69, 9.17) is 26.8 Å². The number of methoxy groups -OCH3 is 1. The van der Waals surface area contributed by atoms with Gasteiger partial charge in [0.1, 0.15) is 40.5 Å². The molecular formula is C30H26ClF4N5O5. The quantitative estimate of drug-likeness (QED) is 0.238. The highest BCUT2D eigenvalue weighted by atomic mass is 35.5. The number of nitrogens with one attached hydrogen (secondary N) is 1. The lowest BCUT2D eigenvalue weighted by atomic mass is 9.81. The number of aliphatic hydroxyl groups is 1. The van der Waals surface area contributed by atoms with Crippen LogP contribution in [0.25, 0.3) is 22.2 Å². The van der Waals surface area contributed by atoms with Crippen LogP contribution in [-0.2, 0) is 15.8 Å². The van der Waals surface area contributed by atoms with Gasteiger partial charge in [0.25, 0.3) is 5.91 Å². The molecule has 0 unspecified atom stereocenters. The third kappa shape index (κ3) is 5.11. The highest BCUT2D eigenvalue weighted by Gasteiger charge is 2.58. The lowest BCUT2D eigenvalue weighted by Gasteiger charge is -2.31. The van der Waals surface area contributed by atoms with E-state index in [9.17, 15) is 27.9 Å². The van der Waals surface area contributed by atoms with Crippen LogP contribution in [-0.4, -0.2) is 58.1 Å². The van der Waals surface area contributed by atoms with E-state index in [0.29, 0.717) is 10.9 Å². The van der Waals surface area contributed by atoms with Crippen LogP contribution in [0.3, 0.4) is 0 Å². The standard InChI is InChI=1S/C30H26ClF4N5O5/c1-28(27(36)42)13-45-25-19(28)10-22(38-24(25)18-6-3-16(31)9-20(18)32)29(43,30(33,34)35)12-37-26(41)14-7-15-11-40(17-4-5-17)39-23(15)21(8-14)44-2/h3,6-11,17,43H,4-5,12-13H2,1-2H3,(H2,36,42)(H,37,41)/t28-,29-/m0/s1. The van der Waals surface area contributed by atoms with Crippen molar-refractivity contribution >= 4 is 34.3 Å². The predicted octanol–water partition coefficient (Wildman–Crippen LogP) is 4.55. The van der Waals surface area contributed by atoms with Crippen molar-refractivity contribution in [2.45, 2.75) is 43.0 Å². The molecule has 2 atom stereocenters. The molecule has 1 saturated carbocycles. The molecule has 0 saturated heterocycles. The molecule has 236 valence electrons. The number of aromatic nitrogens is 3. The third-order valence-corrected chi connectivity index (χ3v) is 8.43. The first kappa shape index (κ1) is 30.6. The molecule has 2 aliphatic rings. The fourth-order valence-corrected chi connectivity index (χ4v) is 5.40. The Morgan fingerprint density at radius 3 is 2.60 bits per heavy atom. The molecule has 1 aliphatic heterocycles. The minimum Gasteiger partial charge on any atom is -0.494 e. The molecule has 3 heterocycles. The number of alkyl halides is 3. The summed E-state index contributed by atoms with van der Waals surface area (Å²) in [5, 5.41) is 18.5. The van der Waals surface area contributed by atoms with Gasteiger partial charge in [-0.3, -0.25) is 14.3 Å². The largest absolute Gasteiger partial charge is 0.494 e. The Kier molecular flexibility index (Phi) is 7.20. The van der Waals surface area contributed by atoms with Gasteiger partial charge in [0.2, 0.25) is 11.5 Å². The Balaban J connectivity index is 1.41. The molecule has 0 radical (unpaired) electrons. The predicted molar refractivity (Wildman–Crippen MR) is 154 cm³/mol. The summed E-state index contributed by atoms with van der Waals surface area (Å²) in [6.07, 6.45) is -1.78. The number of benzene rings is 2. The summed E-state index contributed by atoms with van der Waals surface area (Å²) in [4.78, 5) is 29.7. The van der Waals surface area contributed by atoms with Crippen LogP contribution in [0, 0.1) is 5.82 Å². The molecule has 45 heavy (non-hydrogen) atoms. The van der Waals surface area contributed by atoms with Crippen LogP contribution in [0.15, 0.2) is 42.6 Å². The van der Waals surface area contributed by atoms with E-state index >= 15 is 4.39 Å². The molecule has 4 aromatic rings. The fourth-order valence-electron chi connectivity index (χ4n) is 5.24. The van der Waals surface area contributed by atoms with E-state index < -0.39 is 52.8 Å². The van der Waals surface area contributed by atoms with E-state index in [1.165, 1.54) is 38.3 Å². The second kappa shape index (κ2) is 10.6. The van der Waals surface area contributed by atoms with Crippen molar-refractivity contribution in [3.8, 4) is 22.8 Å². The summed E-state index contributed by atoms with van der Waals surface area (Å²) >= 11 is 5.87. The number of rotatable bonds is 8. The molecule has 15 heteroatoms. The number of carbonyl (C=O) groups excluding carboxylic acids is 2. The van der Waals surface area contributed by atoms with Gasteiger partial charge in [-0.15, -0.1) is 0 Å². The number of carbonyl (C=O) groups is 2. The number of ether oxygens (including phenoxy) is 2. The summed E-state index contributed by atoms with van der Waals surface area (Å²) in [5.74, 6) is -2.76. The Morgan fingerprint density at radius 1 is 1.24 bits per heavy atom. The molecule has 4 N–H and O–H groups in total. The number of pyridine rings is 1. The van der Waals surface area contributed by atoms with E-state index in [1.807, 2.05) is 0 Å². The van der Waals surface area contributed by atoms with Crippen molar-refractivity contribution in [2.24, 2.45) is 5.73 Å². The number of hydrogen-bond acceptors (Lipinski definition) is 7. The normalized spacial score (nSPS) is 19.1. The highest BCUT2D eigenvalue weighted by molar-refractivity contribution is 6.30. The lowest BCUT2D eigenvalue weighted by molar-refractivity contribution is -0.265. The number of halogens is 5. The van der Waals surface area contributed by atoms with Gasteiger partial charge in [0, 0.05) is 33.3 Å². The average molecular weight is 648 g/mol. The molecule has 0 bridgehead atoms. The minimum atomic E-state index is -5.41. The van der Waals surface area contributed by atoms with Gasteiger partial charge < -0.3 is 25.6 Å². The van der Waals surface area contributed by atoms with Crippen molar-refractivity contribution in [2.75, 3.05) is 20.3 Å². The third-order valence-electron chi connectivity index (χ3n) is 8.19. The second-order valence-corrected chi connectivity index (χ2v) is 11.8. The van der Waals surface area contributed by atoms with Crippen LogP contribution in [0.1, 0.15) is 47.4 Å². The number of amides is 2. The summed E-state index contributed by atoms with van der Waals surface area (Å²) in [7, 11) is 1.37. The average Bonchev–Trinajstić information content (AvgIpc) is 3.65.